The van der Waals surface area contributed by atoms with Crippen molar-refractivity contribution >= 4 is 0 Å². The molecule has 0 radical (unpaired) electrons. The number of nitrogens with zero attached hydrogens (tertiary/aromatic N) is 1. The van der Waals surface area contributed by atoms with Gasteiger partial charge < -0.3 is 9.64 Å². The van der Waals surface area contributed by atoms with Gasteiger partial charge in [-0.1, -0.05) is 26.7 Å². The first-order valence-electron chi connectivity index (χ1n) is 9.69. The van der Waals surface area contributed by atoms with Crippen molar-refractivity contribution in [2.24, 2.45) is 11.8 Å². The smallest absolute Gasteiger partial charge is 0.123 e. The average molecular weight is 333 g/mol. The lowest BCUT2D eigenvalue weighted by atomic mass is 9.76. The molecule has 3 atom stereocenters. The van der Waals surface area contributed by atoms with Gasteiger partial charge in [0.25, 0.3) is 0 Å². The van der Waals surface area contributed by atoms with Crippen molar-refractivity contribution in [1.82, 2.24) is 4.90 Å². The molecule has 0 spiro atoms. The predicted octanol–water partition coefficient (Wildman–Crippen LogP) is 5.23. The normalized spacial score (nSPS) is 29.6. The first-order valence-corrected chi connectivity index (χ1v) is 9.69. The molecule has 0 N–H and O–H groups in total. The standard InChI is InChI=1S/C21H32FNO/c1-4-16-6-5-15(2)20(13-16)23-11-9-17(10-12-23)19-14-18(22)7-8-21(19)24-3/h7-8,14-17,20H,4-6,9-13H2,1-3H3/t15-,16-,20-/m1/s1. The summed E-state index contributed by atoms with van der Waals surface area (Å²) in [7, 11) is 1.68. The molecule has 1 aromatic carbocycles. The number of halogens is 1. The van der Waals surface area contributed by atoms with Crippen LogP contribution in [-0.4, -0.2) is 31.1 Å². The minimum atomic E-state index is -0.153. The molecule has 3 heteroatoms. The molecule has 134 valence electrons. The Kier molecular flexibility index (Phi) is 5.80. The summed E-state index contributed by atoms with van der Waals surface area (Å²) in [6.45, 7) is 7.03. The van der Waals surface area contributed by atoms with Crippen LogP contribution in [0.1, 0.15) is 63.9 Å². The van der Waals surface area contributed by atoms with Gasteiger partial charge in [-0.3, -0.25) is 0 Å². The molecule has 2 fully saturated rings. The number of ether oxygens (including phenoxy) is 1. The minimum absolute atomic E-state index is 0.153. The van der Waals surface area contributed by atoms with E-state index in [9.17, 15) is 4.39 Å². The van der Waals surface area contributed by atoms with Crippen LogP contribution in [0.3, 0.4) is 0 Å². The molecule has 0 aromatic heterocycles. The van der Waals surface area contributed by atoms with E-state index >= 15 is 0 Å². The predicted molar refractivity (Wildman–Crippen MR) is 97.1 cm³/mol. The second-order valence-electron chi connectivity index (χ2n) is 7.83. The topological polar surface area (TPSA) is 12.5 Å². The first-order chi connectivity index (χ1) is 11.6. The lowest BCUT2D eigenvalue weighted by Gasteiger charge is -2.44. The van der Waals surface area contributed by atoms with E-state index in [1.807, 2.05) is 0 Å². The highest BCUT2D eigenvalue weighted by Crippen LogP contribution is 2.39. The SMILES string of the molecule is CC[C@@H]1CC[C@@H](C)[C@H](N2CCC(c3cc(F)ccc3OC)CC2)C1. The quantitative estimate of drug-likeness (QED) is 0.748. The van der Waals surface area contributed by atoms with Gasteiger partial charge >= 0.3 is 0 Å². The van der Waals surface area contributed by atoms with Crippen LogP contribution in [-0.2, 0) is 0 Å². The number of hydrogen-bond donors (Lipinski definition) is 0. The van der Waals surface area contributed by atoms with Crippen LogP contribution in [0, 0.1) is 17.7 Å². The summed E-state index contributed by atoms with van der Waals surface area (Å²) in [6.07, 6.45) is 7.69. The summed E-state index contributed by atoms with van der Waals surface area (Å²) in [6, 6.07) is 5.69. The molecular formula is C21H32FNO. The van der Waals surface area contributed by atoms with Crippen molar-refractivity contribution in [3.8, 4) is 5.75 Å². The summed E-state index contributed by atoms with van der Waals surface area (Å²) in [5.41, 5.74) is 1.06. The fraction of sp³-hybridized carbons (Fsp3) is 0.714. The Morgan fingerprint density at radius 3 is 2.58 bits per heavy atom. The zero-order valence-corrected chi connectivity index (χ0v) is 15.4. The van der Waals surface area contributed by atoms with E-state index < -0.39 is 0 Å². The Balaban J connectivity index is 1.64. The summed E-state index contributed by atoms with van der Waals surface area (Å²) in [4.78, 5) is 2.72. The Morgan fingerprint density at radius 2 is 1.92 bits per heavy atom. The minimum Gasteiger partial charge on any atom is -0.496 e. The van der Waals surface area contributed by atoms with Crippen molar-refractivity contribution in [1.29, 1.82) is 0 Å². The van der Waals surface area contributed by atoms with Gasteiger partial charge in [-0.25, -0.2) is 4.39 Å². The molecule has 0 bridgehead atoms. The van der Waals surface area contributed by atoms with Gasteiger partial charge in [-0.15, -0.1) is 0 Å². The van der Waals surface area contributed by atoms with Crippen LogP contribution in [0.2, 0.25) is 0 Å². The van der Waals surface area contributed by atoms with Gasteiger partial charge in [-0.2, -0.15) is 0 Å². The Bertz CT molecular complexity index is 539. The van der Waals surface area contributed by atoms with Crippen molar-refractivity contribution in [2.45, 2.75) is 64.3 Å². The molecule has 24 heavy (non-hydrogen) atoms. The Hall–Kier alpha value is -1.09. The van der Waals surface area contributed by atoms with E-state index in [1.165, 1.54) is 31.7 Å². The number of benzene rings is 1. The second kappa shape index (κ2) is 7.86. The molecule has 1 saturated carbocycles. The average Bonchev–Trinajstić information content (AvgIpc) is 2.62. The number of piperidine rings is 1. The van der Waals surface area contributed by atoms with Gasteiger partial charge in [0.05, 0.1) is 7.11 Å². The summed E-state index contributed by atoms with van der Waals surface area (Å²) >= 11 is 0. The third-order valence-corrected chi connectivity index (χ3v) is 6.47. The fourth-order valence-electron chi connectivity index (χ4n) is 4.83. The number of likely N-dealkylation sites (tertiary alicyclic amines) is 1. The third kappa shape index (κ3) is 3.77. The van der Waals surface area contributed by atoms with E-state index in [0.717, 1.165) is 55.1 Å². The maximum atomic E-state index is 13.7. The lowest BCUT2D eigenvalue weighted by Crippen LogP contribution is -2.47. The molecule has 2 nitrogen and oxygen atoms in total. The first kappa shape index (κ1) is 17.7. The van der Waals surface area contributed by atoms with E-state index in [4.69, 9.17) is 4.74 Å². The van der Waals surface area contributed by atoms with Crippen molar-refractivity contribution in [3.05, 3.63) is 29.6 Å². The van der Waals surface area contributed by atoms with E-state index in [-0.39, 0.29) is 5.82 Å². The second-order valence-corrected chi connectivity index (χ2v) is 7.83. The van der Waals surface area contributed by atoms with Crippen LogP contribution in [0.15, 0.2) is 18.2 Å². The van der Waals surface area contributed by atoms with E-state index in [2.05, 4.69) is 18.7 Å². The van der Waals surface area contributed by atoms with Gasteiger partial charge in [0, 0.05) is 11.6 Å². The van der Waals surface area contributed by atoms with Gasteiger partial charge in [0.15, 0.2) is 0 Å². The highest BCUT2D eigenvalue weighted by molar-refractivity contribution is 5.37. The van der Waals surface area contributed by atoms with Crippen molar-refractivity contribution in [2.75, 3.05) is 20.2 Å². The molecule has 1 aliphatic carbocycles. The van der Waals surface area contributed by atoms with Crippen molar-refractivity contribution in [3.63, 3.8) is 0 Å². The van der Waals surface area contributed by atoms with Crippen LogP contribution >= 0.6 is 0 Å². The number of hydrogen-bond acceptors (Lipinski definition) is 2. The van der Waals surface area contributed by atoms with Crippen molar-refractivity contribution < 1.29 is 9.13 Å². The monoisotopic (exact) mass is 333 g/mol. The zero-order valence-electron chi connectivity index (χ0n) is 15.4. The number of methoxy groups -OCH3 is 1. The molecule has 1 aromatic rings. The van der Waals surface area contributed by atoms with Crippen LogP contribution in [0.25, 0.3) is 0 Å². The maximum absolute atomic E-state index is 13.7. The Morgan fingerprint density at radius 1 is 1.17 bits per heavy atom. The zero-order chi connectivity index (χ0) is 17.1. The molecule has 3 rings (SSSR count). The van der Waals surface area contributed by atoms with E-state index in [1.54, 1.807) is 19.2 Å². The van der Waals surface area contributed by atoms with Gasteiger partial charge in [-0.05, 0) is 74.7 Å². The van der Waals surface area contributed by atoms with Crippen LogP contribution < -0.4 is 4.74 Å². The summed E-state index contributed by atoms with van der Waals surface area (Å²) < 4.78 is 19.1. The molecule has 1 heterocycles. The van der Waals surface area contributed by atoms with Gasteiger partial charge in [0.1, 0.15) is 11.6 Å². The van der Waals surface area contributed by atoms with Crippen LogP contribution in [0.4, 0.5) is 4.39 Å². The lowest BCUT2D eigenvalue weighted by molar-refractivity contribution is 0.0640. The number of rotatable bonds is 4. The highest BCUT2D eigenvalue weighted by atomic mass is 19.1. The third-order valence-electron chi connectivity index (χ3n) is 6.47. The van der Waals surface area contributed by atoms with Crippen LogP contribution in [0.5, 0.6) is 5.75 Å². The largest absolute Gasteiger partial charge is 0.496 e. The van der Waals surface area contributed by atoms with Gasteiger partial charge in [0.2, 0.25) is 0 Å². The molecular weight excluding hydrogens is 301 g/mol. The Labute approximate surface area is 146 Å². The molecule has 0 amide bonds. The molecule has 0 unspecified atom stereocenters. The molecule has 2 aliphatic rings. The maximum Gasteiger partial charge on any atom is 0.123 e. The fourth-order valence-corrected chi connectivity index (χ4v) is 4.83. The highest BCUT2D eigenvalue weighted by Gasteiger charge is 2.34. The summed E-state index contributed by atoms with van der Waals surface area (Å²) in [5, 5.41) is 0. The van der Waals surface area contributed by atoms with E-state index in [0.29, 0.717) is 5.92 Å². The molecule has 1 saturated heterocycles. The summed E-state index contributed by atoms with van der Waals surface area (Å²) in [5.74, 6) is 2.83. The molecule has 1 aliphatic heterocycles.